The van der Waals surface area contributed by atoms with Crippen LogP contribution in [0.15, 0.2) is 54.6 Å². The molecule has 8 heteroatoms. The Bertz CT molecular complexity index is 1040. The minimum Gasteiger partial charge on any atom is -0.378 e. The highest BCUT2D eigenvalue weighted by Crippen LogP contribution is 2.25. The minimum atomic E-state index is -0.493. The second-order valence-electron chi connectivity index (χ2n) is 6.86. The van der Waals surface area contributed by atoms with Crippen LogP contribution in [-0.2, 0) is 0 Å². The van der Waals surface area contributed by atoms with Crippen LogP contribution in [0.1, 0.15) is 24.2 Å². The number of aromatic nitrogens is 1. The zero-order valence-electron chi connectivity index (χ0n) is 16.3. The number of benzene rings is 2. The highest BCUT2D eigenvalue weighted by Gasteiger charge is 2.17. The fourth-order valence-corrected chi connectivity index (χ4v) is 2.87. The number of carbonyl (C=O) groups is 1. The number of hydrogen-bond acceptors (Lipinski definition) is 6. The van der Waals surface area contributed by atoms with Crippen molar-refractivity contribution in [1.29, 1.82) is 0 Å². The summed E-state index contributed by atoms with van der Waals surface area (Å²) in [6.07, 6.45) is 0. The van der Waals surface area contributed by atoms with Gasteiger partial charge in [0.25, 0.3) is 11.6 Å². The van der Waals surface area contributed by atoms with Crippen molar-refractivity contribution >= 4 is 34.0 Å². The van der Waals surface area contributed by atoms with Crippen LogP contribution in [0, 0.1) is 10.1 Å². The smallest absolute Gasteiger partial charge is 0.293 e. The number of anilines is 2. The Hall–Kier alpha value is -3.68. The molecule has 0 bridgehead atoms. The van der Waals surface area contributed by atoms with Gasteiger partial charge in [-0.3, -0.25) is 14.9 Å². The maximum atomic E-state index is 12.1. The summed E-state index contributed by atoms with van der Waals surface area (Å²) in [5.74, 6) is 0.402. The second kappa shape index (κ2) is 9.01. The van der Waals surface area contributed by atoms with Crippen molar-refractivity contribution < 1.29 is 9.72 Å². The van der Waals surface area contributed by atoms with Crippen molar-refractivity contribution in [2.24, 2.45) is 0 Å². The molecule has 1 amide bonds. The van der Waals surface area contributed by atoms with Gasteiger partial charge in [0.2, 0.25) is 0 Å². The number of para-hydroxylation sites is 1. The van der Waals surface area contributed by atoms with E-state index < -0.39 is 4.92 Å². The van der Waals surface area contributed by atoms with Crippen LogP contribution < -0.4 is 16.0 Å². The third kappa shape index (κ3) is 5.19. The topological polar surface area (TPSA) is 109 Å². The second-order valence-corrected chi connectivity index (χ2v) is 6.86. The predicted molar refractivity (Wildman–Crippen MR) is 114 cm³/mol. The van der Waals surface area contributed by atoms with Gasteiger partial charge in [0.05, 0.1) is 10.4 Å². The van der Waals surface area contributed by atoms with Gasteiger partial charge in [-0.25, -0.2) is 4.98 Å². The van der Waals surface area contributed by atoms with Gasteiger partial charge in [-0.05, 0) is 44.2 Å². The van der Waals surface area contributed by atoms with E-state index in [9.17, 15) is 14.9 Å². The van der Waals surface area contributed by atoms with E-state index >= 15 is 0 Å². The van der Waals surface area contributed by atoms with Gasteiger partial charge in [0.1, 0.15) is 11.5 Å². The zero-order valence-corrected chi connectivity index (χ0v) is 16.3. The number of amides is 1. The van der Waals surface area contributed by atoms with Crippen molar-refractivity contribution in [2.45, 2.75) is 19.9 Å². The number of fused-ring (bicyclic) bond motifs is 1. The Morgan fingerprint density at radius 2 is 1.83 bits per heavy atom. The molecule has 0 spiro atoms. The largest absolute Gasteiger partial charge is 0.378 e. The number of nitrogens with one attached hydrogen (secondary N) is 3. The molecule has 0 aliphatic rings. The van der Waals surface area contributed by atoms with Crippen molar-refractivity contribution in [3.8, 4) is 0 Å². The normalized spacial score (nSPS) is 10.7. The number of nitro groups is 1. The van der Waals surface area contributed by atoms with Gasteiger partial charge in [-0.1, -0.05) is 18.2 Å². The summed E-state index contributed by atoms with van der Waals surface area (Å²) in [6, 6.07) is 16.1. The lowest BCUT2D eigenvalue weighted by Crippen LogP contribution is -2.30. The van der Waals surface area contributed by atoms with E-state index in [2.05, 4.69) is 20.9 Å². The summed E-state index contributed by atoms with van der Waals surface area (Å²) in [6.45, 7) is 4.64. The van der Waals surface area contributed by atoms with Crippen LogP contribution in [0.2, 0.25) is 0 Å². The van der Waals surface area contributed by atoms with Crippen molar-refractivity contribution in [1.82, 2.24) is 10.3 Å². The van der Waals surface area contributed by atoms with E-state index in [4.69, 9.17) is 0 Å². The van der Waals surface area contributed by atoms with Crippen molar-refractivity contribution in [3.05, 3.63) is 70.3 Å². The molecule has 8 nitrogen and oxygen atoms in total. The Labute approximate surface area is 168 Å². The summed E-state index contributed by atoms with van der Waals surface area (Å²) in [5.41, 5.74) is 1.39. The van der Waals surface area contributed by atoms with Gasteiger partial charge < -0.3 is 16.0 Å². The van der Waals surface area contributed by atoms with E-state index in [0.717, 1.165) is 16.7 Å². The first-order valence-electron chi connectivity index (χ1n) is 9.37. The lowest BCUT2D eigenvalue weighted by molar-refractivity contribution is -0.384. The fourth-order valence-electron chi connectivity index (χ4n) is 2.87. The summed E-state index contributed by atoms with van der Waals surface area (Å²) >= 11 is 0. The molecule has 29 heavy (non-hydrogen) atoms. The molecule has 0 unspecified atom stereocenters. The van der Waals surface area contributed by atoms with E-state index in [-0.39, 0.29) is 23.2 Å². The lowest BCUT2D eigenvalue weighted by Gasteiger charge is -2.11. The van der Waals surface area contributed by atoms with E-state index in [1.54, 1.807) is 12.1 Å². The van der Waals surface area contributed by atoms with Crippen LogP contribution in [-0.4, -0.2) is 34.9 Å². The van der Waals surface area contributed by atoms with Gasteiger partial charge in [0.15, 0.2) is 0 Å². The van der Waals surface area contributed by atoms with E-state index in [1.807, 2.05) is 50.2 Å². The Morgan fingerprint density at radius 3 is 2.59 bits per heavy atom. The molecule has 0 fully saturated rings. The molecule has 3 N–H and O–H groups in total. The molecule has 0 radical (unpaired) electrons. The third-order valence-corrected chi connectivity index (χ3v) is 4.22. The summed E-state index contributed by atoms with van der Waals surface area (Å²) in [7, 11) is 0. The van der Waals surface area contributed by atoms with Crippen LogP contribution in [0.3, 0.4) is 0 Å². The average Bonchev–Trinajstić information content (AvgIpc) is 2.70. The molecule has 0 aliphatic carbocycles. The van der Waals surface area contributed by atoms with Crippen LogP contribution in [0.25, 0.3) is 10.9 Å². The monoisotopic (exact) mass is 393 g/mol. The summed E-state index contributed by atoms with van der Waals surface area (Å²) < 4.78 is 0. The van der Waals surface area contributed by atoms with Crippen LogP contribution >= 0.6 is 0 Å². The number of nitro benzene ring substituents is 1. The number of pyridine rings is 1. The molecule has 3 aromatic rings. The molecule has 0 saturated heterocycles. The molecule has 0 saturated carbocycles. The molecule has 2 aromatic carbocycles. The van der Waals surface area contributed by atoms with E-state index in [0.29, 0.717) is 18.8 Å². The molecule has 1 aromatic heterocycles. The summed E-state index contributed by atoms with van der Waals surface area (Å²) in [5, 5.41) is 21.4. The highest BCUT2D eigenvalue weighted by molar-refractivity contribution is 5.95. The minimum absolute atomic E-state index is 0.0471. The van der Waals surface area contributed by atoms with Gasteiger partial charge in [0, 0.05) is 36.1 Å². The molecule has 1 heterocycles. The molecule has 0 atom stereocenters. The van der Waals surface area contributed by atoms with Crippen molar-refractivity contribution in [3.63, 3.8) is 0 Å². The zero-order chi connectivity index (χ0) is 20.8. The first kappa shape index (κ1) is 20.1. The number of carbonyl (C=O) groups excluding carboxylic acids is 1. The molecular formula is C21H23N5O3. The third-order valence-electron chi connectivity index (χ3n) is 4.22. The molecular weight excluding hydrogens is 370 g/mol. The number of rotatable bonds is 8. The fraction of sp³-hybridized carbons (Fsp3) is 0.238. The number of hydrogen-bond donors (Lipinski definition) is 3. The van der Waals surface area contributed by atoms with Gasteiger partial charge in [-0.2, -0.15) is 0 Å². The van der Waals surface area contributed by atoms with Gasteiger partial charge >= 0.3 is 0 Å². The Balaban J connectivity index is 1.61. The molecule has 150 valence electrons. The predicted octanol–water partition coefficient (Wildman–Crippen LogP) is 3.81. The average molecular weight is 393 g/mol. The quantitative estimate of drug-likeness (QED) is 0.305. The maximum absolute atomic E-state index is 12.1. The SMILES string of the molecule is CC(C)NC(=O)c1ccc(NCCNc2ccc3ccccc3n2)c([N+](=O)[O-])c1. The molecule has 3 rings (SSSR count). The first-order valence-corrected chi connectivity index (χ1v) is 9.37. The maximum Gasteiger partial charge on any atom is 0.293 e. The standard InChI is InChI=1S/C21H23N5O3/c1-14(2)24-21(27)16-7-9-18(19(13-16)26(28)29)22-11-12-23-20-10-8-15-5-3-4-6-17(15)25-20/h3-10,13-14,22H,11-12H2,1-2H3,(H,23,25)(H,24,27). The number of nitrogens with zero attached hydrogens (tertiary/aromatic N) is 2. The Morgan fingerprint density at radius 1 is 1.07 bits per heavy atom. The summed E-state index contributed by atoms with van der Waals surface area (Å²) in [4.78, 5) is 27.5. The lowest BCUT2D eigenvalue weighted by atomic mass is 10.1. The van der Waals surface area contributed by atoms with Gasteiger partial charge in [-0.15, -0.1) is 0 Å². The van der Waals surface area contributed by atoms with Crippen LogP contribution in [0.5, 0.6) is 0 Å². The van der Waals surface area contributed by atoms with Crippen LogP contribution in [0.4, 0.5) is 17.2 Å². The van der Waals surface area contributed by atoms with Crippen molar-refractivity contribution in [2.75, 3.05) is 23.7 Å². The Kier molecular flexibility index (Phi) is 6.23. The molecule has 0 aliphatic heterocycles. The highest BCUT2D eigenvalue weighted by atomic mass is 16.6. The first-order chi connectivity index (χ1) is 13.9. The van der Waals surface area contributed by atoms with E-state index in [1.165, 1.54) is 6.07 Å².